The van der Waals surface area contributed by atoms with Crippen molar-refractivity contribution in [3.8, 4) is 0 Å². The maximum Gasteiger partial charge on any atom is 0.165 e. The highest BCUT2D eigenvalue weighted by Crippen LogP contribution is 2.15. The van der Waals surface area contributed by atoms with E-state index in [9.17, 15) is 9.90 Å². The van der Waals surface area contributed by atoms with Crippen LogP contribution in [0.1, 0.15) is 50.7 Å². The van der Waals surface area contributed by atoms with Gasteiger partial charge in [0.15, 0.2) is 5.78 Å². The number of Topliss-reactive ketones (excluding diaryl/α,β-unsaturated/α-hetero) is 1. The highest BCUT2D eigenvalue weighted by atomic mass is 16.3. The molecule has 2 heteroatoms. The predicted molar refractivity (Wildman–Crippen MR) is 70.2 cm³/mol. The molecular weight excluding hydrogens is 212 g/mol. The zero-order valence-corrected chi connectivity index (χ0v) is 10.9. The van der Waals surface area contributed by atoms with Crippen LogP contribution in [-0.2, 0) is 11.2 Å². The number of ketones is 1. The van der Waals surface area contributed by atoms with Gasteiger partial charge in [0.1, 0.15) is 6.10 Å². The van der Waals surface area contributed by atoms with E-state index >= 15 is 0 Å². The summed E-state index contributed by atoms with van der Waals surface area (Å²) in [4.78, 5) is 11.7. The lowest BCUT2D eigenvalue weighted by molar-refractivity contribution is -0.126. The lowest BCUT2D eigenvalue weighted by Gasteiger charge is -2.09. The van der Waals surface area contributed by atoms with Gasteiger partial charge in [-0.3, -0.25) is 4.79 Å². The van der Waals surface area contributed by atoms with Crippen LogP contribution < -0.4 is 0 Å². The van der Waals surface area contributed by atoms with E-state index in [1.807, 2.05) is 19.1 Å². The van der Waals surface area contributed by atoms with Crippen LogP contribution in [0.15, 0.2) is 24.3 Å². The third-order valence-electron chi connectivity index (χ3n) is 2.96. The van der Waals surface area contributed by atoms with E-state index in [2.05, 4.69) is 26.0 Å². The van der Waals surface area contributed by atoms with E-state index in [0.717, 1.165) is 12.0 Å². The first-order valence-electron chi connectivity index (χ1n) is 6.34. The molecule has 0 aliphatic heterocycles. The maximum atomic E-state index is 11.7. The third kappa shape index (κ3) is 4.31. The van der Waals surface area contributed by atoms with Gasteiger partial charge in [0.25, 0.3) is 0 Å². The molecule has 1 aromatic rings. The summed E-state index contributed by atoms with van der Waals surface area (Å²) in [7, 11) is 0. The molecule has 0 radical (unpaired) electrons. The van der Waals surface area contributed by atoms with Crippen molar-refractivity contribution in [3.63, 3.8) is 0 Å². The van der Waals surface area contributed by atoms with Crippen LogP contribution >= 0.6 is 0 Å². The first-order chi connectivity index (χ1) is 8.04. The SMILES string of the molecule is CCCC(O)C(=O)Cc1ccc(C(C)C)cc1. The molecule has 1 N–H and O–H groups in total. The van der Waals surface area contributed by atoms with E-state index in [1.165, 1.54) is 5.56 Å². The van der Waals surface area contributed by atoms with Gasteiger partial charge < -0.3 is 5.11 Å². The Morgan fingerprint density at radius 1 is 1.24 bits per heavy atom. The molecule has 0 saturated carbocycles. The van der Waals surface area contributed by atoms with Gasteiger partial charge in [-0.25, -0.2) is 0 Å². The molecule has 0 aromatic heterocycles. The van der Waals surface area contributed by atoms with E-state index in [1.54, 1.807) is 0 Å². The fourth-order valence-electron chi connectivity index (χ4n) is 1.77. The molecule has 2 nitrogen and oxygen atoms in total. The minimum atomic E-state index is -0.801. The lowest BCUT2D eigenvalue weighted by atomic mass is 9.98. The average Bonchev–Trinajstić information content (AvgIpc) is 2.30. The minimum Gasteiger partial charge on any atom is -0.385 e. The quantitative estimate of drug-likeness (QED) is 0.821. The van der Waals surface area contributed by atoms with Crippen molar-refractivity contribution in [3.05, 3.63) is 35.4 Å². The molecule has 0 amide bonds. The van der Waals surface area contributed by atoms with Gasteiger partial charge in [0, 0.05) is 6.42 Å². The van der Waals surface area contributed by atoms with Crippen LogP contribution in [0, 0.1) is 0 Å². The predicted octanol–water partition coefficient (Wildman–Crippen LogP) is 3.08. The van der Waals surface area contributed by atoms with Crippen molar-refractivity contribution >= 4 is 5.78 Å². The van der Waals surface area contributed by atoms with Crippen LogP contribution in [0.2, 0.25) is 0 Å². The van der Waals surface area contributed by atoms with Crippen molar-refractivity contribution in [2.45, 2.75) is 52.1 Å². The second kappa shape index (κ2) is 6.55. The largest absolute Gasteiger partial charge is 0.385 e. The van der Waals surface area contributed by atoms with E-state index in [4.69, 9.17) is 0 Å². The molecule has 1 unspecified atom stereocenters. The van der Waals surface area contributed by atoms with Crippen molar-refractivity contribution in [2.24, 2.45) is 0 Å². The zero-order valence-electron chi connectivity index (χ0n) is 10.9. The van der Waals surface area contributed by atoms with Gasteiger partial charge in [0.05, 0.1) is 0 Å². The third-order valence-corrected chi connectivity index (χ3v) is 2.96. The molecule has 0 spiro atoms. The Morgan fingerprint density at radius 2 is 1.82 bits per heavy atom. The molecule has 94 valence electrons. The second-order valence-corrected chi connectivity index (χ2v) is 4.84. The first-order valence-corrected chi connectivity index (χ1v) is 6.34. The Morgan fingerprint density at radius 3 is 2.29 bits per heavy atom. The van der Waals surface area contributed by atoms with Gasteiger partial charge in [-0.1, -0.05) is 51.5 Å². The topological polar surface area (TPSA) is 37.3 Å². The fourth-order valence-corrected chi connectivity index (χ4v) is 1.77. The van der Waals surface area contributed by atoms with Crippen molar-refractivity contribution in [2.75, 3.05) is 0 Å². The molecule has 17 heavy (non-hydrogen) atoms. The number of carbonyl (C=O) groups excluding carboxylic acids is 1. The molecule has 1 rings (SSSR count). The van der Waals surface area contributed by atoms with Gasteiger partial charge in [-0.2, -0.15) is 0 Å². The highest BCUT2D eigenvalue weighted by Gasteiger charge is 2.14. The molecule has 0 aliphatic carbocycles. The number of aliphatic hydroxyl groups is 1. The number of carbonyl (C=O) groups is 1. The van der Waals surface area contributed by atoms with Crippen molar-refractivity contribution < 1.29 is 9.90 Å². The van der Waals surface area contributed by atoms with Crippen LogP contribution in [0.25, 0.3) is 0 Å². The molecule has 0 bridgehead atoms. The summed E-state index contributed by atoms with van der Waals surface area (Å²) in [5.41, 5.74) is 2.25. The van der Waals surface area contributed by atoms with Crippen LogP contribution in [0.5, 0.6) is 0 Å². The maximum absolute atomic E-state index is 11.7. The molecule has 0 fully saturated rings. The van der Waals surface area contributed by atoms with Crippen LogP contribution in [0.4, 0.5) is 0 Å². The Bertz CT molecular complexity index is 352. The van der Waals surface area contributed by atoms with Crippen molar-refractivity contribution in [1.82, 2.24) is 0 Å². The Kier molecular flexibility index (Phi) is 5.36. The molecule has 1 atom stereocenters. The summed E-state index contributed by atoms with van der Waals surface area (Å²) in [6.07, 6.45) is 0.923. The first kappa shape index (κ1) is 13.9. The van der Waals surface area contributed by atoms with Gasteiger partial charge in [-0.15, -0.1) is 0 Å². The van der Waals surface area contributed by atoms with E-state index in [-0.39, 0.29) is 5.78 Å². The Labute approximate surface area is 104 Å². The van der Waals surface area contributed by atoms with Crippen LogP contribution in [-0.4, -0.2) is 17.0 Å². The molecular formula is C15H22O2. The van der Waals surface area contributed by atoms with Crippen molar-refractivity contribution in [1.29, 1.82) is 0 Å². The lowest BCUT2D eigenvalue weighted by Crippen LogP contribution is -2.21. The average molecular weight is 234 g/mol. The summed E-state index contributed by atoms with van der Waals surface area (Å²) < 4.78 is 0. The monoisotopic (exact) mass is 234 g/mol. The highest BCUT2D eigenvalue weighted by molar-refractivity contribution is 5.84. The normalized spacial score (nSPS) is 12.8. The van der Waals surface area contributed by atoms with E-state index < -0.39 is 6.10 Å². The molecule has 0 aliphatic rings. The summed E-state index contributed by atoms with van der Waals surface area (Å²) in [5, 5.41) is 9.57. The summed E-state index contributed by atoms with van der Waals surface area (Å²) in [5.74, 6) is 0.426. The van der Waals surface area contributed by atoms with Gasteiger partial charge in [-0.05, 0) is 23.5 Å². The summed E-state index contributed by atoms with van der Waals surface area (Å²) in [6.45, 7) is 6.25. The van der Waals surface area contributed by atoms with Crippen LogP contribution in [0.3, 0.4) is 0 Å². The fraction of sp³-hybridized carbons (Fsp3) is 0.533. The number of benzene rings is 1. The number of rotatable bonds is 6. The minimum absolute atomic E-state index is 0.0795. The second-order valence-electron chi connectivity index (χ2n) is 4.84. The standard InChI is InChI=1S/C15H22O2/c1-4-5-14(16)15(17)10-12-6-8-13(9-7-12)11(2)3/h6-9,11,14,16H,4-5,10H2,1-3H3. The molecule has 0 saturated heterocycles. The summed E-state index contributed by atoms with van der Waals surface area (Å²) >= 11 is 0. The number of hydrogen-bond donors (Lipinski definition) is 1. The zero-order chi connectivity index (χ0) is 12.8. The number of hydrogen-bond acceptors (Lipinski definition) is 2. The molecule has 0 heterocycles. The Balaban J connectivity index is 2.60. The van der Waals surface area contributed by atoms with Gasteiger partial charge in [0.2, 0.25) is 0 Å². The smallest absolute Gasteiger partial charge is 0.165 e. The van der Waals surface area contributed by atoms with Gasteiger partial charge >= 0.3 is 0 Å². The Hall–Kier alpha value is -1.15. The van der Waals surface area contributed by atoms with E-state index in [0.29, 0.717) is 18.8 Å². The summed E-state index contributed by atoms with van der Waals surface area (Å²) in [6, 6.07) is 8.07. The number of aliphatic hydroxyl groups excluding tert-OH is 1. The molecule has 1 aromatic carbocycles.